The molecule has 6 rings (SSSR count). The predicted molar refractivity (Wildman–Crippen MR) is 186 cm³/mol. The highest BCUT2D eigenvalue weighted by molar-refractivity contribution is 5.92. The number of rotatable bonds is 12. The molecule has 0 saturated heterocycles. The quantitative estimate of drug-likeness (QED) is 0.103. The maximum atomic E-state index is 12.7. The van der Waals surface area contributed by atoms with Crippen LogP contribution in [0, 0.1) is 27.7 Å². The largest absolute Gasteiger partial charge is 0.489 e. The maximum absolute atomic E-state index is 12.7. The molecule has 1 amide bonds. The first-order valence-corrected chi connectivity index (χ1v) is 15.7. The molecule has 10 heteroatoms. The van der Waals surface area contributed by atoms with E-state index in [1.165, 1.54) is 0 Å². The molecular formula is C39H36N4O6. The van der Waals surface area contributed by atoms with Crippen LogP contribution in [0.1, 0.15) is 60.6 Å². The van der Waals surface area contributed by atoms with Gasteiger partial charge in [0.1, 0.15) is 30.5 Å². The zero-order chi connectivity index (χ0) is 34.5. The number of aromatic carboxylic acids is 1. The van der Waals surface area contributed by atoms with E-state index in [9.17, 15) is 9.59 Å². The SMILES string of the molecule is Cc1ccc(C)n1-c1ccc(OCc2ccc(C(=O)N/N=C/c3cc(C)n(-c4ccc(OCc5ccc(C(=O)O)cc5)cc4)c3C)o2)cc1. The number of hydrogen-bond donors (Lipinski definition) is 2. The molecule has 10 nitrogen and oxygen atoms in total. The lowest BCUT2D eigenvalue weighted by Gasteiger charge is -2.11. The number of amides is 1. The normalized spacial score (nSPS) is 11.2. The van der Waals surface area contributed by atoms with Crippen molar-refractivity contribution < 1.29 is 28.6 Å². The molecule has 6 aromatic rings. The Morgan fingerprint density at radius 1 is 0.735 bits per heavy atom. The summed E-state index contributed by atoms with van der Waals surface area (Å²) in [5.41, 5.74) is 10.8. The van der Waals surface area contributed by atoms with Crippen LogP contribution in [-0.2, 0) is 13.2 Å². The van der Waals surface area contributed by atoms with Crippen LogP contribution in [0.4, 0.5) is 0 Å². The number of nitrogens with zero attached hydrogens (tertiary/aromatic N) is 3. The van der Waals surface area contributed by atoms with Gasteiger partial charge in [0.2, 0.25) is 0 Å². The number of ether oxygens (including phenoxy) is 2. The summed E-state index contributed by atoms with van der Waals surface area (Å²) >= 11 is 0. The highest BCUT2D eigenvalue weighted by Gasteiger charge is 2.13. The Bertz CT molecular complexity index is 2100. The second kappa shape index (κ2) is 14.2. The summed E-state index contributed by atoms with van der Waals surface area (Å²) in [5.74, 6) is 0.617. The minimum Gasteiger partial charge on any atom is -0.489 e. The highest BCUT2D eigenvalue weighted by Crippen LogP contribution is 2.24. The van der Waals surface area contributed by atoms with E-state index in [4.69, 9.17) is 19.0 Å². The van der Waals surface area contributed by atoms with E-state index < -0.39 is 11.9 Å². The van der Waals surface area contributed by atoms with Crippen LogP contribution in [0.5, 0.6) is 11.5 Å². The van der Waals surface area contributed by atoms with Crippen LogP contribution in [0.15, 0.2) is 113 Å². The molecule has 3 heterocycles. The second-order valence-electron chi connectivity index (χ2n) is 11.6. The number of carbonyl (C=O) groups excluding carboxylic acids is 1. The first-order valence-electron chi connectivity index (χ1n) is 15.7. The molecule has 0 fully saturated rings. The fraction of sp³-hybridized carbons (Fsp3) is 0.154. The summed E-state index contributed by atoms with van der Waals surface area (Å²) in [4.78, 5) is 23.8. The number of hydrazone groups is 1. The van der Waals surface area contributed by atoms with E-state index in [2.05, 4.69) is 45.6 Å². The average Bonchev–Trinajstić information content (AvgIpc) is 3.80. The van der Waals surface area contributed by atoms with Gasteiger partial charge in [-0.1, -0.05) is 12.1 Å². The number of furan rings is 1. The molecule has 0 spiro atoms. The third-order valence-corrected chi connectivity index (χ3v) is 8.17. The minimum absolute atomic E-state index is 0.134. The van der Waals surface area contributed by atoms with Gasteiger partial charge in [-0.3, -0.25) is 4.79 Å². The Morgan fingerprint density at radius 2 is 1.33 bits per heavy atom. The van der Waals surface area contributed by atoms with E-state index in [1.807, 2.05) is 68.4 Å². The van der Waals surface area contributed by atoms with Crippen LogP contribution >= 0.6 is 0 Å². The zero-order valence-corrected chi connectivity index (χ0v) is 27.6. The monoisotopic (exact) mass is 656 g/mol. The minimum atomic E-state index is -0.958. The highest BCUT2D eigenvalue weighted by atomic mass is 16.5. The molecule has 0 radical (unpaired) electrons. The fourth-order valence-electron chi connectivity index (χ4n) is 5.63. The van der Waals surface area contributed by atoms with Crippen molar-refractivity contribution in [1.82, 2.24) is 14.6 Å². The average molecular weight is 657 g/mol. The topological polar surface area (TPSA) is 120 Å². The van der Waals surface area contributed by atoms with Gasteiger partial charge in [-0.15, -0.1) is 0 Å². The summed E-state index contributed by atoms with van der Waals surface area (Å²) in [6, 6.07) is 31.6. The number of hydrogen-bond acceptors (Lipinski definition) is 6. The molecule has 0 atom stereocenters. The van der Waals surface area contributed by atoms with E-state index in [-0.39, 0.29) is 17.9 Å². The summed E-state index contributed by atoms with van der Waals surface area (Å²) in [6.45, 7) is 8.63. The summed E-state index contributed by atoms with van der Waals surface area (Å²) < 4.78 is 21.7. The van der Waals surface area contributed by atoms with Crippen molar-refractivity contribution >= 4 is 18.1 Å². The van der Waals surface area contributed by atoms with Crippen molar-refractivity contribution in [3.8, 4) is 22.9 Å². The lowest BCUT2D eigenvalue weighted by atomic mass is 10.1. The standard InChI is InChI=1S/C39H36N4O6/c1-25-5-6-26(2)42(25)32-11-15-35(16-12-32)48-24-36-19-20-37(49-36)38(44)41-40-22-31-21-27(3)43(28(31)4)33-13-17-34(18-14-33)47-23-29-7-9-30(10-8-29)39(45)46/h5-22H,23-24H2,1-4H3,(H,41,44)(H,45,46)/b40-22+. The van der Waals surface area contributed by atoms with Gasteiger partial charge in [0.05, 0.1) is 11.8 Å². The Labute approximate surface area is 283 Å². The molecule has 0 aliphatic carbocycles. The number of aryl methyl sites for hydroxylation is 3. The summed E-state index contributed by atoms with van der Waals surface area (Å²) in [5, 5.41) is 13.2. The van der Waals surface area contributed by atoms with Gasteiger partial charge in [0.25, 0.3) is 0 Å². The van der Waals surface area contributed by atoms with Gasteiger partial charge < -0.3 is 28.1 Å². The van der Waals surface area contributed by atoms with E-state index in [0.29, 0.717) is 23.9 Å². The molecule has 2 N–H and O–H groups in total. The van der Waals surface area contributed by atoms with Gasteiger partial charge in [0, 0.05) is 39.7 Å². The Balaban J connectivity index is 1.01. The first kappa shape index (κ1) is 32.6. The number of benzene rings is 3. The van der Waals surface area contributed by atoms with Crippen LogP contribution in [-0.4, -0.2) is 32.3 Å². The molecule has 0 bridgehead atoms. The summed E-state index contributed by atoms with van der Waals surface area (Å²) in [6.07, 6.45) is 1.61. The van der Waals surface area contributed by atoms with E-state index in [0.717, 1.165) is 45.3 Å². The van der Waals surface area contributed by atoms with Crippen LogP contribution in [0.2, 0.25) is 0 Å². The second-order valence-corrected chi connectivity index (χ2v) is 11.6. The Morgan fingerprint density at radius 3 is 1.94 bits per heavy atom. The van der Waals surface area contributed by atoms with Crippen LogP contribution < -0.4 is 14.9 Å². The fourth-order valence-corrected chi connectivity index (χ4v) is 5.63. The van der Waals surface area contributed by atoms with Crippen LogP contribution in [0.3, 0.4) is 0 Å². The van der Waals surface area contributed by atoms with Gasteiger partial charge >= 0.3 is 11.9 Å². The number of aromatic nitrogens is 2. The van der Waals surface area contributed by atoms with Crippen molar-refractivity contribution in [2.45, 2.75) is 40.9 Å². The van der Waals surface area contributed by atoms with Gasteiger partial charge in [-0.25, -0.2) is 10.2 Å². The van der Waals surface area contributed by atoms with Crippen molar-refractivity contribution in [3.63, 3.8) is 0 Å². The molecular weight excluding hydrogens is 620 g/mol. The van der Waals surface area contributed by atoms with E-state index in [1.54, 1.807) is 42.6 Å². The zero-order valence-electron chi connectivity index (χ0n) is 27.6. The smallest absolute Gasteiger partial charge is 0.335 e. The number of carboxylic acids is 1. The molecule has 0 unspecified atom stereocenters. The molecule has 3 aromatic heterocycles. The molecule has 0 aliphatic rings. The Kier molecular flexibility index (Phi) is 9.48. The van der Waals surface area contributed by atoms with Crippen LogP contribution in [0.25, 0.3) is 11.4 Å². The number of nitrogens with one attached hydrogen (secondary N) is 1. The van der Waals surface area contributed by atoms with E-state index >= 15 is 0 Å². The molecule has 0 aliphatic heterocycles. The van der Waals surface area contributed by atoms with Gasteiger partial charge in [0.15, 0.2) is 5.76 Å². The lowest BCUT2D eigenvalue weighted by molar-refractivity contribution is 0.0696. The lowest BCUT2D eigenvalue weighted by Crippen LogP contribution is -2.16. The third kappa shape index (κ3) is 7.49. The predicted octanol–water partition coefficient (Wildman–Crippen LogP) is 7.71. The molecule has 248 valence electrons. The molecule has 3 aromatic carbocycles. The summed E-state index contributed by atoms with van der Waals surface area (Å²) in [7, 11) is 0. The van der Waals surface area contributed by atoms with Crippen molar-refractivity contribution in [2.24, 2.45) is 5.10 Å². The van der Waals surface area contributed by atoms with Crippen molar-refractivity contribution in [2.75, 3.05) is 0 Å². The molecule has 49 heavy (non-hydrogen) atoms. The van der Waals surface area contributed by atoms with Gasteiger partial charge in [-0.05, 0) is 124 Å². The Hall–Kier alpha value is -6.29. The maximum Gasteiger partial charge on any atom is 0.335 e. The number of carbonyl (C=O) groups is 2. The van der Waals surface area contributed by atoms with Crippen molar-refractivity contribution in [1.29, 1.82) is 0 Å². The first-order chi connectivity index (χ1) is 23.7. The third-order valence-electron chi connectivity index (χ3n) is 8.17. The number of carboxylic acid groups (broad SMARTS) is 1. The van der Waals surface area contributed by atoms with Gasteiger partial charge in [-0.2, -0.15) is 5.10 Å². The van der Waals surface area contributed by atoms with Crippen molar-refractivity contribution in [3.05, 3.63) is 154 Å². The molecule has 0 saturated carbocycles.